The first-order valence-corrected chi connectivity index (χ1v) is 3.38. The molecule has 0 bridgehead atoms. The SMILES string of the molecule is C=CC(=O)OSCCN. The maximum absolute atomic E-state index is 10.3. The second-order valence-electron chi connectivity index (χ2n) is 1.22. The molecule has 0 atom stereocenters. The molecular formula is C5H9NO2S. The molecule has 0 radical (unpaired) electrons. The minimum atomic E-state index is -0.423. The van der Waals surface area contributed by atoms with Crippen molar-refractivity contribution in [3.05, 3.63) is 12.7 Å². The standard InChI is InChI=1S/C5H9NO2S/c1-2-5(7)8-9-4-3-6/h2H,1,3-4,6H2. The Morgan fingerprint density at radius 1 is 1.89 bits per heavy atom. The highest BCUT2D eigenvalue weighted by atomic mass is 32.2. The van der Waals surface area contributed by atoms with Crippen molar-refractivity contribution in [1.29, 1.82) is 0 Å². The lowest BCUT2D eigenvalue weighted by Gasteiger charge is -1.94. The minimum absolute atomic E-state index is 0.423. The fourth-order valence-corrected chi connectivity index (χ4v) is 0.546. The van der Waals surface area contributed by atoms with Gasteiger partial charge in [-0.05, 0) is 0 Å². The van der Waals surface area contributed by atoms with Crippen molar-refractivity contribution < 1.29 is 8.98 Å². The summed E-state index contributed by atoms with van der Waals surface area (Å²) < 4.78 is 4.51. The molecule has 4 heteroatoms. The monoisotopic (exact) mass is 147 g/mol. The first kappa shape index (κ1) is 8.52. The zero-order valence-corrected chi connectivity index (χ0v) is 5.82. The van der Waals surface area contributed by atoms with Crippen molar-refractivity contribution >= 4 is 18.0 Å². The molecule has 0 fully saturated rings. The molecule has 52 valence electrons. The van der Waals surface area contributed by atoms with E-state index in [1.807, 2.05) is 0 Å². The molecule has 0 aliphatic heterocycles. The van der Waals surface area contributed by atoms with E-state index in [1.165, 1.54) is 0 Å². The third-order valence-corrected chi connectivity index (χ3v) is 1.19. The van der Waals surface area contributed by atoms with Gasteiger partial charge in [-0.3, -0.25) is 0 Å². The second-order valence-corrected chi connectivity index (χ2v) is 2.03. The van der Waals surface area contributed by atoms with E-state index in [-0.39, 0.29) is 0 Å². The summed E-state index contributed by atoms with van der Waals surface area (Å²) in [7, 11) is 0. The largest absolute Gasteiger partial charge is 0.388 e. The van der Waals surface area contributed by atoms with Gasteiger partial charge in [-0.1, -0.05) is 6.58 Å². The maximum Gasteiger partial charge on any atom is 0.342 e. The first-order chi connectivity index (χ1) is 4.31. The number of hydrogen-bond acceptors (Lipinski definition) is 4. The number of hydrogen-bond donors (Lipinski definition) is 1. The topological polar surface area (TPSA) is 52.3 Å². The van der Waals surface area contributed by atoms with Gasteiger partial charge < -0.3 is 9.92 Å². The molecule has 0 heterocycles. The Bertz CT molecular complexity index is 105. The molecule has 0 aromatic rings. The van der Waals surface area contributed by atoms with Crippen molar-refractivity contribution in [2.24, 2.45) is 5.73 Å². The molecule has 2 N–H and O–H groups in total. The lowest BCUT2D eigenvalue weighted by molar-refractivity contribution is -0.127. The number of carbonyl (C=O) groups is 1. The van der Waals surface area contributed by atoms with Crippen LogP contribution in [0.25, 0.3) is 0 Å². The second kappa shape index (κ2) is 5.65. The summed E-state index contributed by atoms with van der Waals surface area (Å²) >= 11 is 1.04. The van der Waals surface area contributed by atoms with Crippen LogP contribution in [0.3, 0.4) is 0 Å². The van der Waals surface area contributed by atoms with E-state index in [4.69, 9.17) is 5.73 Å². The van der Waals surface area contributed by atoms with Gasteiger partial charge in [0.25, 0.3) is 0 Å². The summed E-state index contributed by atoms with van der Waals surface area (Å²) in [6.07, 6.45) is 1.11. The molecular weight excluding hydrogens is 138 g/mol. The van der Waals surface area contributed by atoms with Gasteiger partial charge in [0.1, 0.15) is 0 Å². The van der Waals surface area contributed by atoms with Crippen LogP contribution in [-0.2, 0) is 8.98 Å². The number of rotatable bonds is 4. The Morgan fingerprint density at radius 2 is 2.56 bits per heavy atom. The van der Waals surface area contributed by atoms with Crippen LogP contribution in [0.4, 0.5) is 0 Å². The molecule has 0 saturated carbocycles. The van der Waals surface area contributed by atoms with Gasteiger partial charge in [-0.2, -0.15) is 0 Å². The van der Waals surface area contributed by atoms with Gasteiger partial charge in [0.2, 0.25) is 0 Å². The van der Waals surface area contributed by atoms with E-state index >= 15 is 0 Å². The molecule has 0 unspecified atom stereocenters. The zero-order chi connectivity index (χ0) is 7.11. The molecule has 0 saturated heterocycles. The third kappa shape index (κ3) is 5.39. The van der Waals surface area contributed by atoms with Crippen molar-refractivity contribution in [3.8, 4) is 0 Å². The Kier molecular flexibility index (Phi) is 5.35. The van der Waals surface area contributed by atoms with E-state index in [0.29, 0.717) is 12.3 Å². The molecule has 9 heavy (non-hydrogen) atoms. The lowest BCUT2D eigenvalue weighted by atomic mass is 10.7. The van der Waals surface area contributed by atoms with E-state index in [9.17, 15) is 4.79 Å². The highest BCUT2D eigenvalue weighted by Gasteiger charge is 1.93. The van der Waals surface area contributed by atoms with Crippen LogP contribution in [0, 0.1) is 0 Å². The zero-order valence-electron chi connectivity index (χ0n) is 5.00. The van der Waals surface area contributed by atoms with Gasteiger partial charge in [-0.25, -0.2) is 4.79 Å². The molecule has 0 aromatic heterocycles. The van der Waals surface area contributed by atoms with Crippen LogP contribution >= 0.6 is 12.0 Å². The van der Waals surface area contributed by atoms with Gasteiger partial charge in [0.05, 0.1) is 12.0 Å². The Balaban J connectivity index is 3.07. The Hall–Kier alpha value is -0.480. The maximum atomic E-state index is 10.3. The van der Waals surface area contributed by atoms with E-state index in [1.54, 1.807) is 0 Å². The predicted octanol–water partition coefficient (Wildman–Crippen LogP) is 0.323. The van der Waals surface area contributed by atoms with Crippen molar-refractivity contribution in [2.75, 3.05) is 12.3 Å². The van der Waals surface area contributed by atoms with Crippen molar-refractivity contribution in [1.82, 2.24) is 0 Å². The molecule has 0 rings (SSSR count). The molecule has 0 spiro atoms. The molecule has 0 amide bonds. The van der Waals surface area contributed by atoms with Crippen LogP contribution in [0.5, 0.6) is 0 Å². The van der Waals surface area contributed by atoms with Crippen LogP contribution in [0.15, 0.2) is 12.7 Å². The predicted molar refractivity (Wildman–Crippen MR) is 37.8 cm³/mol. The lowest BCUT2D eigenvalue weighted by Crippen LogP contribution is -2.03. The van der Waals surface area contributed by atoms with Crippen LogP contribution < -0.4 is 5.73 Å². The van der Waals surface area contributed by atoms with Gasteiger partial charge >= 0.3 is 5.97 Å². The highest BCUT2D eigenvalue weighted by molar-refractivity contribution is 7.95. The summed E-state index contributed by atoms with van der Waals surface area (Å²) in [5.74, 6) is 0.202. The van der Waals surface area contributed by atoms with Crippen LogP contribution in [-0.4, -0.2) is 18.3 Å². The summed E-state index contributed by atoms with van der Waals surface area (Å²) in [6.45, 7) is 3.73. The number of carbonyl (C=O) groups excluding carboxylic acids is 1. The fourth-order valence-electron chi connectivity index (χ4n) is 0.182. The van der Waals surface area contributed by atoms with Crippen molar-refractivity contribution in [3.63, 3.8) is 0 Å². The summed E-state index contributed by atoms with van der Waals surface area (Å²) in [6, 6.07) is 0. The quantitative estimate of drug-likeness (QED) is 0.353. The highest BCUT2D eigenvalue weighted by Crippen LogP contribution is 2.00. The summed E-state index contributed by atoms with van der Waals surface area (Å²) in [4.78, 5) is 10.3. The third-order valence-electron chi connectivity index (χ3n) is 0.509. The van der Waals surface area contributed by atoms with E-state index in [2.05, 4.69) is 10.8 Å². The average Bonchev–Trinajstić information content (AvgIpc) is 1.89. The molecule has 3 nitrogen and oxygen atoms in total. The van der Waals surface area contributed by atoms with Gasteiger partial charge in [-0.15, -0.1) is 0 Å². The van der Waals surface area contributed by atoms with Crippen molar-refractivity contribution in [2.45, 2.75) is 0 Å². The van der Waals surface area contributed by atoms with Gasteiger partial charge in [0.15, 0.2) is 0 Å². The van der Waals surface area contributed by atoms with E-state index in [0.717, 1.165) is 18.1 Å². The average molecular weight is 147 g/mol. The fraction of sp³-hybridized carbons (Fsp3) is 0.400. The summed E-state index contributed by atoms with van der Waals surface area (Å²) in [5, 5.41) is 0. The Morgan fingerprint density at radius 3 is 3.00 bits per heavy atom. The van der Waals surface area contributed by atoms with Crippen LogP contribution in [0.2, 0.25) is 0 Å². The van der Waals surface area contributed by atoms with E-state index < -0.39 is 5.97 Å². The first-order valence-electron chi connectivity index (χ1n) is 2.47. The number of nitrogens with two attached hydrogens (primary N) is 1. The van der Waals surface area contributed by atoms with Crippen LogP contribution in [0.1, 0.15) is 0 Å². The molecule has 0 aliphatic rings. The molecule has 0 aliphatic carbocycles. The normalized spacial score (nSPS) is 8.56. The minimum Gasteiger partial charge on any atom is -0.388 e. The summed E-state index contributed by atoms with van der Waals surface area (Å²) in [5.41, 5.74) is 5.12. The van der Waals surface area contributed by atoms with Gasteiger partial charge in [0, 0.05) is 18.4 Å². The smallest absolute Gasteiger partial charge is 0.342 e. The molecule has 0 aromatic carbocycles. The Labute approximate surface area is 58.5 Å².